The first kappa shape index (κ1) is 16.8. The minimum absolute atomic E-state index is 0.109. The molecule has 1 amide bonds. The van der Waals surface area contributed by atoms with E-state index in [1.54, 1.807) is 31.2 Å². The molecule has 0 radical (unpaired) electrons. The molecule has 0 heterocycles. The lowest BCUT2D eigenvalue weighted by molar-refractivity contribution is -0.137. The monoisotopic (exact) mass is 291 g/mol. The third-order valence-corrected chi connectivity index (χ3v) is 2.70. The molecule has 0 spiro atoms. The second-order valence-electron chi connectivity index (χ2n) is 5.09. The fourth-order valence-electron chi connectivity index (χ4n) is 1.65. The highest BCUT2D eigenvalue weighted by Crippen LogP contribution is 2.14. The number of hydrogen-bond donors (Lipinski definition) is 2. The lowest BCUT2D eigenvalue weighted by Crippen LogP contribution is -2.34. The molecule has 1 rings (SSSR count). The van der Waals surface area contributed by atoms with Crippen LogP contribution in [0.25, 0.3) is 0 Å². The molecule has 1 atom stereocenters. The van der Waals surface area contributed by atoms with Crippen LogP contribution < -0.4 is 10.1 Å². The van der Waals surface area contributed by atoms with Gasteiger partial charge in [-0.2, -0.15) is 0 Å². The van der Waals surface area contributed by atoms with Crippen LogP contribution in [0.2, 0.25) is 0 Å². The Balaban J connectivity index is 2.64. The number of allylic oxidation sites excluding steroid dienone is 1. The summed E-state index contributed by atoms with van der Waals surface area (Å²) in [5, 5.41) is 11.3. The van der Waals surface area contributed by atoms with Crippen molar-refractivity contribution in [1.29, 1.82) is 0 Å². The first-order valence-electron chi connectivity index (χ1n) is 6.77. The van der Waals surface area contributed by atoms with Crippen molar-refractivity contribution in [2.24, 2.45) is 0 Å². The van der Waals surface area contributed by atoms with Crippen molar-refractivity contribution in [1.82, 2.24) is 5.32 Å². The van der Waals surface area contributed by atoms with Crippen LogP contribution in [-0.4, -0.2) is 29.6 Å². The van der Waals surface area contributed by atoms with Gasteiger partial charge < -0.3 is 15.2 Å². The van der Waals surface area contributed by atoms with E-state index in [1.165, 1.54) is 0 Å². The predicted molar refractivity (Wildman–Crippen MR) is 80.5 cm³/mol. The van der Waals surface area contributed by atoms with Crippen LogP contribution in [0.1, 0.15) is 37.6 Å². The molecule has 1 aromatic rings. The number of carboxylic acids is 1. The first-order chi connectivity index (χ1) is 9.88. The van der Waals surface area contributed by atoms with Gasteiger partial charge in [-0.1, -0.05) is 11.6 Å². The van der Waals surface area contributed by atoms with E-state index in [9.17, 15) is 9.59 Å². The Morgan fingerprint density at radius 3 is 2.71 bits per heavy atom. The Kier molecular flexibility index (Phi) is 6.46. The summed E-state index contributed by atoms with van der Waals surface area (Å²) in [6.07, 6.45) is 1.84. The van der Waals surface area contributed by atoms with Gasteiger partial charge in [-0.25, -0.2) is 0 Å². The van der Waals surface area contributed by atoms with Gasteiger partial charge in [-0.3, -0.25) is 9.59 Å². The number of carboxylic acid groups (broad SMARTS) is 1. The maximum absolute atomic E-state index is 12.0. The van der Waals surface area contributed by atoms with Crippen LogP contribution in [-0.2, 0) is 4.79 Å². The van der Waals surface area contributed by atoms with Gasteiger partial charge in [0.15, 0.2) is 0 Å². The van der Waals surface area contributed by atoms with E-state index in [0.717, 1.165) is 5.57 Å². The number of hydrogen-bond acceptors (Lipinski definition) is 3. The molecule has 0 aliphatic heterocycles. The predicted octanol–water partition coefficient (Wildman–Crippen LogP) is 2.62. The molecule has 0 aliphatic carbocycles. The number of benzene rings is 1. The van der Waals surface area contributed by atoms with Gasteiger partial charge in [0.2, 0.25) is 0 Å². The molecule has 114 valence electrons. The summed E-state index contributed by atoms with van der Waals surface area (Å²) in [5.41, 5.74) is 1.60. The number of ether oxygens (including phenoxy) is 1. The van der Waals surface area contributed by atoms with E-state index in [-0.39, 0.29) is 12.3 Å². The van der Waals surface area contributed by atoms with Crippen LogP contribution >= 0.6 is 0 Å². The van der Waals surface area contributed by atoms with Crippen LogP contribution in [0.4, 0.5) is 0 Å². The lowest BCUT2D eigenvalue weighted by atomic mass is 10.1. The van der Waals surface area contributed by atoms with Crippen LogP contribution in [0, 0.1) is 0 Å². The smallest absolute Gasteiger partial charge is 0.305 e. The van der Waals surface area contributed by atoms with E-state index in [0.29, 0.717) is 17.9 Å². The zero-order valence-corrected chi connectivity index (χ0v) is 12.6. The standard InChI is InChI=1S/C16H21NO4/c1-11(2)7-8-21-14-6-4-5-13(10-14)16(20)17-12(3)9-15(18)19/h4-7,10,12H,8-9H2,1-3H3,(H,17,20)(H,18,19). The summed E-state index contributed by atoms with van der Waals surface area (Å²) in [4.78, 5) is 22.6. The fourth-order valence-corrected chi connectivity index (χ4v) is 1.65. The SMILES string of the molecule is CC(C)=CCOc1cccc(C(=O)NC(C)CC(=O)O)c1. The molecule has 0 saturated carbocycles. The van der Waals surface area contributed by atoms with Crippen LogP contribution in [0.5, 0.6) is 5.75 Å². The summed E-state index contributed by atoms with van der Waals surface area (Å²) in [5.74, 6) is -0.649. The highest BCUT2D eigenvalue weighted by Gasteiger charge is 2.12. The molecule has 0 saturated heterocycles. The van der Waals surface area contributed by atoms with Gasteiger partial charge in [0, 0.05) is 11.6 Å². The average Bonchev–Trinajstić information content (AvgIpc) is 2.37. The van der Waals surface area contributed by atoms with Gasteiger partial charge in [0.25, 0.3) is 5.91 Å². The largest absolute Gasteiger partial charge is 0.490 e. The Labute approximate surface area is 124 Å². The summed E-state index contributed by atoms with van der Waals surface area (Å²) in [6.45, 7) is 6.07. The molecular weight excluding hydrogens is 270 g/mol. The molecule has 0 bridgehead atoms. The van der Waals surface area contributed by atoms with E-state index in [4.69, 9.17) is 9.84 Å². The van der Waals surface area contributed by atoms with Crippen molar-refractivity contribution in [3.8, 4) is 5.75 Å². The topological polar surface area (TPSA) is 75.6 Å². The van der Waals surface area contributed by atoms with Crippen molar-refractivity contribution >= 4 is 11.9 Å². The Morgan fingerprint density at radius 1 is 1.38 bits per heavy atom. The molecule has 2 N–H and O–H groups in total. The zero-order valence-electron chi connectivity index (χ0n) is 12.6. The van der Waals surface area contributed by atoms with Gasteiger partial charge in [-0.15, -0.1) is 0 Å². The number of rotatable bonds is 7. The normalized spacial score (nSPS) is 11.4. The number of carbonyl (C=O) groups excluding carboxylic acids is 1. The maximum atomic E-state index is 12.0. The van der Waals surface area contributed by atoms with E-state index >= 15 is 0 Å². The molecule has 1 aromatic carbocycles. The molecule has 1 unspecified atom stereocenters. The van der Waals surface area contributed by atoms with Gasteiger partial charge >= 0.3 is 5.97 Å². The van der Waals surface area contributed by atoms with Gasteiger partial charge in [0.1, 0.15) is 12.4 Å². The van der Waals surface area contributed by atoms with Crippen LogP contribution in [0.15, 0.2) is 35.9 Å². The van der Waals surface area contributed by atoms with Crippen LogP contribution in [0.3, 0.4) is 0 Å². The summed E-state index contributed by atoms with van der Waals surface area (Å²) < 4.78 is 5.53. The number of amides is 1. The summed E-state index contributed by atoms with van der Waals surface area (Å²) in [7, 11) is 0. The first-order valence-corrected chi connectivity index (χ1v) is 6.77. The van der Waals surface area contributed by atoms with Crippen molar-refractivity contribution < 1.29 is 19.4 Å². The second kappa shape index (κ2) is 8.09. The van der Waals surface area contributed by atoms with E-state index < -0.39 is 12.0 Å². The Hall–Kier alpha value is -2.30. The van der Waals surface area contributed by atoms with Crippen molar-refractivity contribution in [2.45, 2.75) is 33.2 Å². The maximum Gasteiger partial charge on any atom is 0.305 e. The van der Waals surface area contributed by atoms with E-state index in [2.05, 4.69) is 5.32 Å². The number of nitrogens with one attached hydrogen (secondary N) is 1. The second-order valence-corrected chi connectivity index (χ2v) is 5.09. The summed E-state index contributed by atoms with van der Waals surface area (Å²) >= 11 is 0. The van der Waals surface area contributed by atoms with Crippen molar-refractivity contribution in [2.75, 3.05) is 6.61 Å². The Morgan fingerprint density at radius 2 is 2.10 bits per heavy atom. The minimum atomic E-state index is -0.943. The quantitative estimate of drug-likeness (QED) is 0.757. The zero-order chi connectivity index (χ0) is 15.8. The molecule has 21 heavy (non-hydrogen) atoms. The van der Waals surface area contributed by atoms with Gasteiger partial charge in [0.05, 0.1) is 6.42 Å². The van der Waals surface area contributed by atoms with Crippen molar-refractivity contribution in [3.05, 3.63) is 41.5 Å². The average molecular weight is 291 g/mol. The lowest BCUT2D eigenvalue weighted by Gasteiger charge is -2.12. The van der Waals surface area contributed by atoms with E-state index in [1.807, 2.05) is 19.9 Å². The highest BCUT2D eigenvalue weighted by molar-refractivity contribution is 5.94. The summed E-state index contributed by atoms with van der Waals surface area (Å²) in [6, 6.07) is 6.38. The molecule has 0 fully saturated rings. The molecule has 5 nitrogen and oxygen atoms in total. The third kappa shape index (κ3) is 6.61. The fraction of sp³-hybridized carbons (Fsp3) is 0.375. The highest BCUT2D eigenvalue weighted by atomic mass is 16.5. The third-order valence-electron chi connectivity index (χ3n) is 2.70. The molecule has 0 aromatic heterocycles. The number of aliphatic carboxylic acids is 1. The molecular formula is C16H21NO4. The minimum Gasteiger partial charge on any atom is -0.490 e. The molecule has 0 aliphatic rings. The van der Waals surface area contributed by atoms with Gasteiger partial charge in [-0.05, 0) is 45.0 Å². The van der Waals surface area contributed by atoms with Crippen molar-refractivity contribution in [3.63, 3.8) is 0 Å². The molecule has 5 heteroatoms. The number of carbonyl (C=O) groups is 2. The Bertz CT molecular complexity index is 533.